The Balaban J connectivity index is 2.85. The average Bonchev–Trinajstić information content (AvgIpc) is 1.80. The first kappa shape index (κ1) is 8.80. The molecule has 2 nitrogen and oxygen atoms in total. The van der Waals surface area contributed by atoms with Gasteiger partial charge in [0.05, 0.1) is 12.3 Å². The first-order valence-corrected chi connectivity index (χ1v) is 4.67. The van der Waals surface area contributed by atoms with Gasteiger partial charge in [-0.3, -0.25) is 0 Å². The van der Waals surface area contributed by atoms with Crippen LogP contribution in [0.25, 0.3) is 0 Å². The van der Waals surface area contributed by atoms with Crippen LogP contribution in [0.5, 0.6) is 0 Å². The fraction of sp³-hybridized carbons (Fsp3) is 0.833. The molecule has 0 aliphatic rings. The lowest BCUT2D eigenvalue weighted by Gasteiger charge is -2.01. The van der Waals surface area contributed by atoms with Gasteiger partial charge in [-0.05, 0) is 12.8 Å². The summed E-state index contributed by atoms with van der Waals surface area (Å²) in [4.78, 5) is 0. The lowest BCUT2D eigenvalue weighted by molar-refractivity contribution is 0.596. The zero-order valence-electron chi connectivity index (χ0n) is 5.59. The standard InChI is InChI=1S/C6H11NOS/c1-9(8)6-4-2-3-5-7/h2-4,6H2,1H3. The zero-order valence-corrected chi connectivity index (χ0v) is 6.41. The molecule has 9 heavy (non-hydrogen) atoms. The maximum absolute atomic E-state index is 10.4. The molecule has 0 heterocycles. The zero-order chi connectivity index (χ0) is 7.11. The molecular formula is C6H11NOS. The van der Waals surface area contributed by atoms with E-state index in [9.17, 15) is 4.55 Å². The Morgan fingerprint density at radius 1 is 1.56 bits per heavy atom. The van der Waals surface area contributed by atoms with E-state index in [4.69, 9.17) is 5.26 Å². The lowest BCUT2D eigenvalue weighted by atomic mass is 10.3. The summed E-state index contributed by atoms with van der Waals surface area (Å²) in [5.41, 5.74) is 0. The minimum atomic E-state index is -0.678. The van der Waals surface area contributed by atoms with Crippen molar-refractivity contribution in [1.29, 1.82) is 5.26 Å². The fourth-order valence-electron chi connectivity index (χ4n) is 0.509. The van der Waals surface area contributed by atoms with E-state index < -0.39 is 11.2 Å². The highest BCUT2D eigenvalue weighted by Crippen LogP contribution is 1.96. The van der Waals surface area contributed by atoms with Crippen molar-refractivity contribution in [1.82, 2.24) is 0 Å². The molecule has 0 fully saturated rings. The Bertz CT molecular complexity index is 97.7. The van der Waals surface area contributed by atoms with Crippen molar-refractivity contribution in [2.24, 2.45) is 0 Å². The maximum Gasteiger partial charge on any atom is 0.105 e. The number of unbranched alkanes of at least 4 members (excludes halogenated alkanes) is 2. The van der Waals surface area contributed by atoms with Crippen molar-refractivity contribution in [2.45, 2.75) is 19.3 Å². The second-order valence-electron chi connectivity index (χ2n) is 1.89. The molecule has 0 spiro atoms. The molecule has 0 rings (SSSR count). The molecule has 52 valence electrons. The van der Waals surface area contributed by atoms with Gasteiger partial charge in [0.25, 0.3) is 0 Å². The van der Waals surface area contributed by atoms with Gasteiger partial charge in [-0.1, -0.05) is 11.2 Å². The van der Waals surface area contributed by atoms with Crippen LogP contribution < -0.4 is 0 Å². The predicted molar refractivity (Wildman–Crippen MR) is 38.4 cm³/mol. The van der Waals surface area contributed by atoms with Crippen LogP contribution >= 0.6 is 0 Å². The second kappa shape index (κ2) is 5.93. The van der Waals surface area contributed by atoms with Crippen molar-refractivity contribution >= 4 is 11.2 Å². The van der Waals surface area contributed by atoms with Crippen molar-refractivity contribution in [3.63, 3.8) is 0 Å². The molecule has 1 unspecified atom stereocenters. The minimum Gasteiger partial charge on any atom is -0.617 e. The van der Waals surface area contributed by atoms with Crippen LogP contribution in [0, 0.1) is 11.3 Å². The number of hydrogen-bond acceptors (Lipinski definition) is 2. The normalized spacial score (nSPS) is 12.6. The summed E-state index contributed by atoms with van der Waals surface area (Å²) in [6.07, 6.45) is 4.08. The molecule has 0 amide bonds. The molecule has 0 aromatic rings. The molecule has 0 bridgehead atoms. The molecule has 0 aliphatic heterocycles. The molecule has 0 aromatic carbocycles. The molecule has 0 N–H and O–H groups in total. The molecule has 0 saturated carbocycles. The van der Waals surface area contributed by atoms with E-state index in [2.05, 4.69) is 0 Å². The highest BCUT2D eigenvalue weighted by atomic mass is 32.2. The monoisotopic (exact) mass is 145 g/mol. The van der Waals surface area contributed by atoms with Gasteiger partial charge in [-0.15, -0.1) is 0 Å². The number of rotatable bonds is 4. The largest absolute Gasteiger partial charge is 0.617 e. The lowest BCUT2D eigenvalue weighted by Crippen LogP contribution is -2.02. The molecule has 1 atom stereocenters. The third kappa shape index (κ3) is 7.80. The van der Waals surface area contributed by atoms with E-state index in [1.807, 2.05) is 6.07 Å². The summed E-state index contributed by atoms with van der Waals surface area (Å²) < 4.78 is 10.4. The molecule has 0 aromatic heterocycles. The van der Waals surface area contributed by atoms with Crippen LogP contribution in [-0.2, 0) is 11.2 Å². The summed E-state index contributed by atoms with van der Waals surface area (Å²) in [5, 5.41) is 8.11. The van der Waals surface area contributed by atoms with Crippen molar-refractivity contribution in [3.8, 4) is 6.07 Å². The van der Waals surface area contributed by atoms with Crippen molar-refractivity contribution in [2.75, 3.05) is 12.0 Å². The van der Waals surface area contributed by atoms with Crippen LogP contribution in [0.4, 0.5) is 0 Å². The topological polar surface area (TPSA) is 46.8 Å². The summed E-state index contributed by atoms with van der Waals surface area (Å²) in [5.74, 6) is 0.738. The third-order valence-corrected chi connectivity index (χ3v) is 1.83. The van der Waals surface area contributed by atoms with E-state index in [1.54, 1.807) is 6.26 Å². The van der Waals surface area contributed by atoms with Gasteiger partial charge in [-0.2, -0.15) is 5.26 Å². The predicted octanol–water partition coefficient (Wildman–Crippen LogP) is 1.06. The molecule has 0 radical (unpaired) electrons. The molecule has 0 saturated heterocycles. The van der Waals surface area contributed by atoms with E-state index in [0.717, 1.165) is 18.6 Å². The fourth-order valence-corrected chi connectivity index (χ4v) is 1.12. The van der Waals surface area contributed by atoms with Gasteiger partial charge in [0.15, 0.2) is 0 Å². The average molecular weight is 145 g/mol. The van der Waals surface area contributed by atoms with E-state index >= 15 is 0 Å². The van der Waals surface area contributed by atoms with Gasteiger partial charge in [0.1, 0.15) is 5.75 Å². The van der Waals surface area contributed by atoms with E-state index in [1.165, 1.54) is 0 Å². The first-order chi connectivity index (χ1) is 4.27. The van der Waals surface area contributed by atoms with Crippen molar-refractivity contribution in [3.05, 3.63) is 0 Å². The Hall–Kier alpha value is -0.200. The second-order valence-corrected chi connectivity index (χ2v) is 3.45. The summed E-state index contributed by atoms with van der Waals surface area (Å²) in [6, 6.07) is 2.04. The summed E-state index contributed by atoms with van der Waals surface area (Å²) in [7, 11) is 0. The highest BCUT2D eigenvalue weighted by Gasteiger charge is 1.94. The van der Waals surface area contributed by atoms with Gasteiger partial charge >= 0.3 is 0 Å². The third-order valence-electron chi connectivity index (χ3n) is 0.970. The summed E-state index contributed by atoms with van der Waals surface area (Å²) >= 11 is -0.678. The smallest absolute Gasteiger partial charge is 0.105 e. The van der Waals surface area contributed by atoms with Crippen LogP contribution in [0.15, 0.2) is 0 Å². The Morgan fingerprint density at radius 3 is 2.67 bits per heavy atom. The quantitative estimate of drug-likeness (QED) is 0.438. The van der Waals surface area contributed by atoms with E-state index in [0.29, 0.717) is 6.42 Å². The highest BCUT2D eigenvalue weighted by molar-refractivity contribution is 7.90. The van der Waals surface area contributed by atoms with Crippen LogP contribution in [0.2, 0.25) is 0 Å². The number of nitriles is 1. The molecule has 3 heteroatoms. The van der Waals surface area contributed by atoms with Crippen LogP contribution in [0.3, 0.4) is 0 Å². The Kier molecular flexibility index (Phi) is 5.80. The van der Waals surface area contributed by atoms with E-state index in [-0.39, 0.29) is 0 Å². The first-order valence-electron chi connectivity index (χ1n) is 2.94. The van der Waals surface area contributed by atoms with Gasteiger partial charge in [-0.25, -0.2) is 0 Å². The van der Waals surface area contributed by atoms with Crippen molar-refractivity contribution < 1.29 is 4.55 Å². The Morgan fingerprint density at radius 2 is 2.22 bits per heavy atom. The number of hydrogen-bond donors (Lipinski definition) is 0. The van der Waals surface area contributed by atoms with Gasteiger partial charge < -0.3 is 4.55 Å². The van der Waals surface area contributed by atoms with Gasteiger partial charge in [0, 0.05) is 6.42 Å². The van der Waals surface area contributed by atoms with Crippen LogP contribution in [0.1, 0.15) is 19.3 Å². The summed E-state index contributed by atoms with van der Waals surface area (Å²) in [6.45, 7) is 0. The van der Waals surface area contributed by atoms with Crippen LogP contribution in [-0.4, -0.2) is 16.6 Å². The number of nitrogens with zero attached hydrogens (tertiary/aromatic N) is 1. The molecular weight excluding hydrogens is 134 g/mol. The Labute approximate surface area is 59.1 Å². The molecule has 0 aliphatic carbocycles. The maximum atomic E-state index is 10.4. The SMILES string of the molecule is C[S+]([O-])CCCCC#N. The van der Waals surface area contributed by atoms with Gasteiger partial charge in [0.2, 0.25) is 0 Å². The minimum absolute atomic E-state index is 0.594.